The van der Waals surface area contributed by atoms with E-state index in [1.807, 2.05) is 13.8 Å². The number of ether oxygens (including phenoxy) is 2. The molecule has 0 fully saturated rings. The summed E-state index contributed by atoms with van der Waals surface area (Å²) in [5.41, 5.74) is 0.443. The number of pyridine rings is 1. The number of aromatic nitrogens is 1. The summed E-state index contributed by atoms with van der Waals surface area (Å²) in [5, 5.41) is 0. The summed E-state index contributed by atoms with van der Waals surface area (Å²) >= 11 is 0. The van der Waals surface area contributed by atoms with Gasteiger partial charge in [0.15, 0.2) is 0 Å². The van der Waals surface area contributed by atoms with Crippen LogP contribution in [0.1, 0.15) is 37.6 Å². The molecule has 0 aliphatic heterocycles. The van der Waals surface area contributed by atoms with Crippen molar-refractivity contribution in [2.45, 2.75) is 33.3 Å². The average molecular weight is 223 g/mol. The van der Waals surface area contributed by atoms with Crippen molar-refractivity contribution in [1.29, 1.82) is 0 Å². The lowest BCUT2D eigenvalue weighted by atomic mass is 10.3. The Morgan fingerprint density at radius 1 is 1.44 bits per heavy atom. The van der Waals surface area contributed by atoms with E-state index < -0.39 is 0 Å². The van der Waals surface area contributed by atoms with Crippen molar-refractivity contribution >= 4 is 5.97 Å². The molecule has 4 heteroatoms. The zero-order valence-corrected chi connectivity index (χ0v) is 9.90. The van der Waals surface area contributed by atoms with Crippen molar-refractivity contribution in [1.82, 2.24) is 4.98 Å². The second kappa shape index (κ2) is 6.10. The molecule has 0 N–H and O–H groups in total. The number of hydrogen-bond acceptors (Lipinski definition) is 4. The van der Waals surface area contributed by atoms with Gasteiger partial charge in [-0.15, -0.1) is 0 Å². The maximum absolute atomic E-state index is 11.3. The summed E-state index contributed by atoms with van der Waals surface area (Å²) in [6, 6.07) is 3.33. The van der Waals surface area contributed by atoms with Gasteiger partial charge >= 0.3 is 5.97 Å². The first kappa shape index (κ1) is 12.5. The minimum atomic E-state index is -0.356. The molecule has 1 heterocycles. The molecule has 88 valence electrons. The highest BCUT2D eigenvalue weighted by Gasteiger charge is 2.08. The fourth-order valence-corrected chi connectivity index (χ4v) is 1.07. The molecule has 0 radical (unpaired) electrons. The molecule has 0 bridgehead atoms. The van der Waals surface area contributed by atoms with Gasteiger partial charge in [0.2, 0.25) is 5.88 Å². The summed E-state index contributed by atoms with van der Waals surface area (Å²) in [6.07, 6.45) is 2.51. The Labute approximate surface area is 95.6 Å². The summed E-state index contributed by atoms with van der Waals surface area (Å²) in [4.78, 5) is 15.4. The van der Waals surface area contributed by atoms with Gasteiger partial charge in [-0.05, 0) is 26.3 Å². The Bertz CT molecular complexity index is 335. The Morgan fingerprint density at radius 2 is 2.19 bits per heavy atom. The Morgan fingerprint density at radius 3 is 2.69 bits per heavy atom. The maximum atomic E-state index is 11.3. The SMILES string of the molecule is CCOC(=O)c1ccc(OC(C)CC)nc1. The lowest BCUT2D eigenvalue weighted by Gasteiger charge is -2.11. The first-order chi connectivity index (χ1) is 7.67. The van der Waals surface area contributed by atoms with Crippen molar-refractivity contribution in [3.05, 3.63) is 23.9 Å². The molecule has 1 aromatic heterocycles. The summed E-state index contributed by atoms with van der Waals surface area (Å²) in [6.45, 7) is 6.15. The lowest BCUT2D eigenvalue weighted by Crippen LogP contribution is -2.11. The van der Waals surface area contributed by atoms with Crippen LogP contribution in [0.15, 0.2) is 18.3 Å². The molecule has 0 aliphatic carbocycles. The van der Waals surface area contributed by atoms with Crippen molar-refractivity contribution in [2.24, 2.45) is 0 Å². The van der Waals surface area contributed by atoms with Gasteiger partial charge in [0.25, 0.3) is 0 Å². The van der Waals surface area contributed by atoms with Crippen LogP contribution >= 0.6 is 0 Å². The third kappa shape index (κ3) is 3.53. The molecule has 0 aliphatic rings. The molecule has 0 spiro atoms. The molecular formula is C12H17NO3. The Kier molecular flexibility index (Phi) is 4.76. The standard InChI is InChI=1S/C12H17NO3/c1-4-9(3)16-11-7-6-10(8-13-11)12(14)15-5-2/h6-9H,4-5H2,1-3H3. The predicted molar refractivity (Wildman–Crippen MR) is 60.6 cm³/mol. The van der Waals surface area contributed by atoms with Gasteiger partial charge in [-0.2, -0.15) is 0 Å². The molecule has 1 rings (SSSR count). The Balaban J connectivity index is 2.64. The van der Waals surface area contributed by atoms with E-state index in [1.54, 1.807) is 19.1 Å². The second-order valence-electron chi connectivity index (χ2n) is 3.44. The van der Waals surface area contributed by atoms with E-state index in [0.717, 1.165) is 6.42 Å². The first-order valence-corrected chi connectivity index (χ1v) is 5.47. The molecule has 0 saturated carbocycles. The fourth-order valence-electron chi connectivity index (χ4n) is 1.07. The summed E-state index contributed by atoms with van der Waals surface area (Å²) < 4.78 is 10.3. The fraction of sp³-hybridized carbons (Fsp3) is 0.500. The highest BCUT2D eigenvalue weighted by atomic mass is 16.5. The quantitative estimate of drug-likeness (QED) is 0.719. The van der Waals surface area contributed by atoms with Gasteiger partial charge in [0, 0.05) is 12.3 Å². The largest absolute Gasteiger partial charge is 0.475 e. The smallest absolute Gasteiger partial charge is 0.339 e. The molecular weight excluding hydrogens is 206 g/mol. The van der Waals surface area contributed by atoms with Crippen LogP contribution in [0.3, 0.4) is 0 Å². The van der Waals surface area contributed by atoms with E-state index in [-0.39, 0.29) is 12.1 Å². The number of carbonyl (C=O) groups is 1. The number of carbonyl (C=O) groups excluding carboxylic acids is 1. The van der Waals surface area contributed by atoms with Crippen LogP contribution in [0, 0.1) is 0 Å². The van der Waals surface area contributed by atoms with Crippen molar-refractivity contribution in [3.8, 4) is 5.88 Å². The number of hydrogen-bond donors (Lipinski definition) is 0. The van der Waals surface area contributed by atoms with Gasteiger partial charge in [0.05, 0.1) is 18.3 Å². The van der Waals surface area contributed by atoms with E-state index in [4.69, 9.17) is 9.47 Å². The van der Waals surface area contributed by atoms with Crippen molar-refractivity contribution in [3.63, 3.8) is 0 Å². The van der Waals surface area contributed by atoms with Crippen molar-refractivity contribution in [2.75, 3.05) is 6.61 Å². The van der Waals surface area contributed by atoms with Gasteiger partial charge in [0.1, 0.15) is 0 Å². The highest BCUT2D eigenvalue weighted by molar-refractivity contribution is 5.89. The second-order valence-corrected chi connectivity index (χ2v) is 3.44. The molecule has 0 saturated heterocycles. The van der Waals surface area contributed by atoms with Crippen LogP contribution in [0.25, 0.3) is 0 Å². The molecule has 1 unspecified atom stereocenters. The van der Waals surface area contributed by atoms with Crippen LogP contribution in [-0.2, 0) is 4.74 Å². The predicted octanol–water partition coefficient (Wildman–Crippen LogP) is 2.44. The van der Waals surface area contributed by atoms with Crippen LogP contribution in [0.4, 0.5) is 0 Å². The van der Waals surface area contributed by atoms with Gasteiger partial charge < -0.3 is 9.47 Å². The van der Waals surface area contributed by atoms with Crippen LogP contribution < -0.4 is 4.74 Å². The molecule has 4 nitrogen and oxygen atoms in total. The molecule has 1 aromatic rings. The Hall–Kier alpha value is -1.58. The van der Waals surface area contributed by atoms with Crippen LogP contribution in [0.2, 0.25) is 0 Å². The van der Waals surface area contributed by atoms with E-state index in [9.17, 15) is 4.79 Å². The van der Waals surface area contributed by atoms with E-state index in [0.29, 0.717) is 18.1 Å². The lowest BCUT2D eigenvalue weighted by molar-refractivity contribution is 0.0525. The third-order valence-electron chi connectivity index (χ3n) is 2.14. The number of rotatable bonds is 5. The maximum Gasteiger partial charge on any atom is 0.339 e. The molecule has 16 heavy (non-hydrogen) atoms. The monoisotopic (exact) mass is 223 g/mol. The summed E-state index contributed by atoms with van der Waals surface area (Å²) in [7, 11) is 0. The zero-order valence-electron chi connectivity index (χ0n) is 9.90. The topological polar surface area (TPSA) is 48.4 Å². The minimum Gasteiger partial charge on any atom is -0.475 e. The van der Waals surface area contributed by atoms with Gasteiger partial charge in [-0.25, -0.2) is 9.78 Å². The first-order valence-electron chi connectivity index (χ1n) is 5.47. The molecule has 0 amide bonds. The highest BCUT2D eigenvalue weighted by Crippen LogP contribution is 2.11. The number of nitrogens with zero attached hydrogens (tertiary/aromatic N) is 1. The third-order valence-corrected chi connectivity index (χ3v) is 2.14. The molecule has 0 aromatic carbocycles. The zero-order chi connectivity index (χ0) is 12.0. The van der Waals surface area contributed by atoms with E-state index >= 15 is 0 Å². The van der Waals surface area contributed by atoms with E-state index in [2.05, 4.69) is 4.98 Å². The van der Waals surface area contributed by atoms with Crippen LogP contribution in [0.5, 0.6) is 5.88 Å². The average Bonchev–Trinajstić information content (AvgIpc) is 2.30. The van der Waals surface area contributed by atoms with Crippen LogP contribution in [-0.4, -0.2) is 23.7 Å². The van der Waals surface area contributed by atoms with Gasteiger partial charge in [-0.3, -0.25) is 0 Å². The number of esters is 1. The molecule has 1 atom stereocenters. The van der Waals surface area contributed by atoms with E-state index in [1.165, 1.54) is 6.20 Å². The normalized spacial score (nSPS) is 11.9. The summed E-state index contributed by atoms with van der Waals surface area (Å²) in [5.74, 6) is 0.174. The minimum absolute atomic E-state index is 0.126. The van der Waals surface area contributed by atoms with Gasteiger partial charge in [-0.1, -0.05) is 6.92 Å². The van der Waals surface area contributed by atoms with Crippen molar-refractivity contribution < 1.29 is 14.3 Å².